The molecule has 0 unspecified atom stereocenters. The number of benzene rings is 1. The molecule has 194 valence electrons. The molecule has 0 saturated carbocycles. The molecule has 4 heteroatoms. The van der Waals surface area contributed by atoms with Gasteiger partial charge in [0.25, 0.3) is 0 Å². The smallest absolute Gasteiger partial charge is 0.311 e. The van der Waals surface area contributed by atoms with Gasteiger partial charge in [0.1, 0.15) is 11.5 Å². The summed E-state index contributed by atoms with van der Waals surface area (Å²) in [5.41, 5.74) is 4.25. The second-order valence-corrected chi connectivity index (χ2v) is 10.1. The zero-order chi connectivity index (χ0) is 25.8. The van der Waals surface area contributed by atoms with Crippen LogP contribution in [0.25, 0.3) is 0 Å². The fraction of sp³-hybridized carbons (Fsp3) is 0.613. The molecule has 1 aromatic carbocycles. The van der Waals surface area contributed by atoms with Gasteiger partial charge in [-0.05, 0) is 76.0 Å². The van der Waals surface area contributed by atoms with Gasteiger partial charge in [0.2, 0.25) is 0 Å². The zero-order valence-electron chi connectivity index (χ0n) is 22.7. The number of esters is 2. The fourth-order valence-corrected chi connectivity index (χ4v) is 4.77. The van der Waals surface area contributed by atoms with Crippen molar-refractivity contribution in [2.75, 3.05) is 0 Å². The van der Waals surface area contributed by atoms with Crippen LogP contribution in [0.2, 0.25) is 0 Å². The molecule has 0 fully saturated rings. The Morgan fingerprint density at radius 1 is 0.914 bits per heavy atom. The summed E-state index contributed by atoms with van der Waals surface area (Å²) in [5.74, 6) is 0.775. The SMILES string of the molecule is C=C(C)[C@@H]1CCC(C)=C[C@H]1c1c(OC(=O)CCCC)cc(CCCCC)cc1OC(=O)CCCC. The van der Waals surface area contributed by atoms with E-state index in [0.717, 1.165) is 80.9 Å². The highest BCUT2D eigenvalue weighted by Crippen LogP contribution is 2.47. The van der Waals surface area contributed by atoms with Crippen molar-refractivity contribution in [1.82, 2.24) is 0 Å². The minimum atomic E-state index is -0.231. The van der Waals surface area contributed by atoms with Crippen molar-refractivity contribution in [2.45, 2.75) is 118 Å². The van der Waals surface area contributed by atoms with Gasteiger partial charge in [0.15, 0.2) is 0 Å². The molecule has 0 N–H and O–H groups in total. The molecule has 35 heavy (non-hydrogen) atoms. The molecule has 1 aliphatic rings. The highest BCUT2D eigenvalue weighted by Gasteiger charge is 2.32. The van der Waals surface area contributed by atoms with Gasteiger partial charge in [0.05, 0.1) is 0 Å². The Bertz CT molecular complexity index is 852. The van der Waals surface area contributed by atoms with Crippen LogP contribution in [0.5, 0.6) is 11.5 Å². The maximum Gasteiger partial charge on any atom is 0.311 e. The fourth-order valence-electron chi connectivity index (χ4n) is 4.77. The predicted octanol–water partition coefficient (Wildman–Crippen LogP) is 8.63. The largest absolute Gasteiger partial charge is 0.426 e. The van der Waals surface area contributed by atoms with Crippen molar-refractivity contribution in [2.24, 2.45) is 5.92 Å². The second-order valence-electron chi connectivity index (χ2n) is 10.1. The zero-order valence-corrected chi connectivity index (χ0v) is 22.7. The van der Waals surface area contributed by atoms with E-state index >= 15 is 0 Å². The van der Waals surface area contributed by atoms with E-state index in [1.165, 1.54) is 5.57 Å². The average Bonchev–Trinajstić information content (AvgIpc) is 2.81. The van der Waals surface area contributed by atoms with E-state index < -0.39 is 0 Å². The van der Waals surface area contributed by atoms with Crippen molar-refractivity contribution in [3.05, 3.63) is 47.1 Å². The normalized spacial score (nSPS) is 17.6. The van der Waals surface area contributed by atoms with Crippen LogP contribution in [0.3, 0.4) is 0 Å². The molecule has 1 aliphatic carbocycles. The van der Waals surface area contributed by atoms with Crippen LogP contribution in [-0.4, -0.2) is 11.9 Å². The first-order valence-corrected chi connectivity index (χ1v) is 13.7. The van der Waals surface area contributed by atoms with Crippen molar-refractivity contribution < 1.29 is 19.1 Å². The minimum absolute atomic E-state index is 0.0473. The van der Waals surface area contributed by atoms with Crippen LogP contribution >= 0.6 is 0 Å². The molecule has 2 rings (SSSR count). The summed E-state index contributed by atoms with van der Waals surface area (Å²) in [5, 5.41) is 0. The highest BCUT2D eigenvalue weighted by atomic mass is 16.5. The van der Waals surface area contributed by atoms with Gasteiger partial charge < -0.3 is 9.47 Å². The Morgan fingerprint density at radius 2 is 1.46 bits per heavy atom. The molecule has 2 atom stereocenters. The minimum Gasteiger partial charge on any atom is -0.426 e. The average molecular weight is 483 g/mol. The summed E-state index contributed by atoms with van der Waals surface area (Å²) < 4.78 is 12.1. The van der Waals surface area contributed by atoms with Gasteiger partial charge in [-0.25, -0.2) is 0 Å². The predicted molar refractivity (Wildman–Crippen MR) is 144 cm³/mol. The summed E-state index contributed by atoms with van der Waals surface area (Å²) >= 11 is 0. The quantitative estimate of drug-likeness (QED) is 0.115. The number of unbranched alkanes of at least 4 members (excludes halogenated alkanes) is 4. The van der Waals surface area contributed by atoms with Crippen molar-refractivity contribution in [3.63, 3.8) is 0 Å². The Kier molecular flexibility index (Phi) is 12.3. The van der Waals surface area contributed by atoms with Crippen molar-refractivity contribution in [3.8, 4) is 11.5 Å². The molecule has 0 spiro atoms. The number of allylic oxidation sites excluding steroid dienone is 3. The van der Waals surface area contributed by atoms with E-state index in [4.69, 9.17) is 9.47 Å². The molecule has 0 radical (unpaired) electrons. The van der Waals surface area contributed by atoms with Crippen molar-refractivity contribution >= 4 is 11.9 Å². The number of hydrogen-bond donors (Lipinski definition) is 0. The van der Waals surface area contributed by atoms with Gasteiger partial charge in [0, 0.05) is 24.3 Å². The highest BCUT2D eigenvalue weighted by molar-refractivity contribution is 5.76. The molecule has 1 aromatic rings. The third kappa shape index (κ3) is 8.98. The molecule has 0 aromatic heterocycles. The topological polar surface area (TPSA) is 52.6 Å². The lowest BCUT2D eigenvalue weighted by atomic mass is 9.73. The van der Waals surface area contributed by atoms with Crippen LogP contribution in [0.15, 0.2) is 35.9 Å². The Morgan fingerprint density at radius 3 is 1.94 bits per heavy atom. The number of rotatable bonds is 14. The summed E-state index contributed by atoms with van der Waals surface area (Å²) in [4.78, 5) is 25.5. The standard InChI is InChI=1S/C31H46O4/c1-7-10-13-14-24-20-27(34-29(32)15-11-8-2)31(28(21-24)35-30(33)16-12-9-3)26-19-23(6)17-18-25(26)22(4)5/h19-21,25-26H,4,7-18H2,1-3,5-6H3/t25-,26+/m0/s1. The third-order valence-electron chi connectivity index (χ3n) is 6.86. The molecule has 0 heterocycles. The maximum absolute atomic E-state index is 12.8. The maximum atomic E-state index is 12.8. The summed E-state index contributed by atoms with van der Waals surface area (Å²) in [6.07, 6.45) is 12.6. The number of hydrogen-bond acceptors (Lipinski definition) is 4. The Hall–Kier alpha value is -2.36. The summed E-state index contributed by atoms with van der Waals surface area (Å²) in [6, 6.07) is 4.01. The lowest BCUT2D eigenvalue weighted by molar-refractivity contribution is -0.134. The van der Waals surface area contributed by atoms with E-state index in [2.05, 4.69) is 47.3 Å². The van der Waals surface area contributed by atoms with E-state index in [0.29, 0.717) is 24.3 Å². The molecule has 0 saturated heterocycles. The van der Waals surface area contributed by atoms with Gasteiger partial charge in [-0.3, -0.25) is 9.59 Å². The first-order chi connectivity index (χ1) is 16.8. The summed E-state index contributed by atoms with van der Waals surface area (Å²) in [6.45, 7) is 14.8. The molecule has 4 nitrogen and oxygen atoms in total. The Balaban J connectivity index is 2.62. The number of carbonyl (C=O) groups excluding carboxylic acids is 2. The monoisotopic (exact) mass is 482 g/mol. The van der Waals surface area contributed by atoms with Gasteiger partial charge >= 0.3 is 11.9 Å². The van der Waals surface area contributed by atoms with Gasteiger partial charge in [-0.2, -0.15) is 0 Å². The van der Waals surface area contributed by atoms with E-state index in [-0.39, 0.29) is 23.8 Å². The van der Waals surface area contributed by atoms with Crippen LogP contribution in [0.4, 0.5) is 0 Å². The van der Waals surface area contributed by atoms with Crippen molar-refractivity contribution in [1.29, 1.82) is 0 Å². The van der Waals surface area contributed by atoms with E-state index in [1.807, 2.05) is 12.1 Å². The van der Waals surface area contributed by atoms with Crippen LogP contribution in [0.1, 0.15) is 122 Å². The molecular weight excluding hydrogens is 436 g/mol. The van der Waals surface area contributed by atoms with Crippen LogP contribution in [0, 0.1) is 5.92 Å². The van der Waals surface area contributed by atoms with E-state index in [9.17, 15) is 9.59 Å². The van der Waals surface area contributed by atoms with E-state index in [1.54, 1.807) is 0 Å². The summed E-state index contributed by atoms with van der Waals surface area (Å²) in [7, 11) is 0. The van der Waals surface area contributed by atoms with Gasteiger partial charge in [-0.15, -0.1) is 0 Å². The number of ether oxygens (including phenoxy) is 2. The molecule has 0 aliphatic heterocycles. The molecule has 0 amide bonds. The number of carbonyl (C=O) groups is 2. The van der Waals surface area contributed by atoms with Crippen LogP contribution < -0.4 is 9.47 Å². The van der Waals surface area contributed by atoms with Crippen LogP contribution in [-0.2, 0) is 16.0 Å². The lowest BCUT2D eigenvalue weighted by Gasteiger charge is -2.32. The third-order valence-corrected chi connectivity index (χ3v) is 6.86. The number of aryl methyl sites for hydroxylation is 1. The molecule has 0 bridgehead atoms. The van der Waals surface area contributed by atoms with Gasteiger partial charge in [-0.1, -0.05) is 70.3 Å². The molecular formula is C31H46O4. The first kappa shape index (κ1) is 28.9. The second kappa shape index (κ2) is 14.9. The Labute approximate surface area is 213 Å². The first-order valence-electron chi connectivity index (χ1n) is 13.7. The lowest BCUT2D eigenvalue weighted by Crippen LogP contribution is -2.21.